The Morgan fingerprint density at radius 2 is 2.11 bits per heavy atom. The molecule has 1 aliphatic heterocycles. The average molecular weight is 260 g/mol. The predicted molar refractivity (Wildman–Crippen MR) is 76.1 cm³/mol. The number of nitrogens with two attached hydrogens (primary N) is 1. The maximum atomic E-state index is 5.96. The van der Waals surface area contributed by atoms with Crippen molar-refractivity contribution in [2.24, 2.45) is 5.73 Å². The largest absolute Gasteiger partial charge is 0.329 e. The van der Waals surface area contributed by atoms with Crippen molar-refractivity contribution in [3.8, 4) is 0 Å². The Kier molecular flexibility index (Phi) is 3.54. The van der Waals surface area contributed by atoms with Crippen LogP contribution in [0.15, 0.2) is 12.3 Å². The highest BCUT2D eigenvalue weighted by atomic mass is 15.1. The smallest absolute Gasteiger partial charge is 0.135 e. The van der Waals surface area contributed by atoms with Crippen LogP contribution in [0.4, 0.5) is 0 Å². The Hall–Kier alpha value is -1.00. The summed E-state index contributed by atoms with van der Waals surface area (Å²) in [7, 11) is 2.19. The molecule has 19 heavy (non-hydrogen) atoms. The van der Waals surface area contributed by atoms with Crippen LogP contribution in [0.3, 0.4) is 0 Å². The average Bonchev–Trinajstić information content (AvgIpc) is 2.39. The highest BCUT2D eigenvalue weighted by Gasteiger charge is 2.40. The van der Waals surface area contributed by atoms with E-state index in [1.807, 2.05) is 6.20 Å². The first kappa shape index (κ1) is 13.0. The number of nitrogens with zero attached hydrogens (tertiary/aromatic N) is 3. The van der Waals surface area contributed by atoms with Crippen molar-refractivity contribution in [1.29, 1.82) is 0 Å². The molecule has 4 heteroatoms. The van der Waals surface area contributed by atoms with Gasteiger partial charge in [0.15, 0.2) is 0 Å². The number of rotatable bonds is 3. The summed E-state index contributed by atoms with van der Waals surface area (Å²) in [6.07, 6.45) is 7.93. The molecule has 1 saturated heterocycles. The van der Waals surface area contributed by atoms with Gasteiger partial charge in [0, 0.05) is 29.8 Å². The van der Waals surface area contributed by atoms with Crippen LogP contribution < -0.4 is 5.73 Å². The predicted octanol–water partition coefficient (Wildman–Crippen LogP) is 1.67. The lowest BCUT2D eigenvalue weighted by Gasteiger charge is -2.39. The molecule has 0 radical (unpaired) electrons. The molecule has 3 rings (SSSR count). The molecule has 0 atom stereocenters. The Morgan fingerprint density at radius 1 is 1.37 bits per heavy atom. The van der Waals surface area contributed by atoms with Crippen LogP contribution >= 0.6 is 0 Å². The van der Waals surface area contributed by atoms with Crippen molar-refractivity contribution >= 4 is 0 Å². The molecule has 2 heterocycles. The van der Waals surface area contributed by atoms with Gasteiger partial charge in [0.25, 0.3) is 0 Å². The molecular formula is C15H24N4. The summed E-state index contributed by atoms with van der Waals surface area (Å²) in [6.45, 7) is 3.03. The SMILES string of the molecule is CN1CCC(c2ccnc(C3(CN)CCC3)n2)CC1. The minimum Gasteiger partial charge on any atom is -0.329 e. The fourth-order valence-corrected chi connectivity index (χ4v) is 3.28. The van der Waals surface area contributed by atoms with Crippen molar-refractivity contribution < 1.29 is 0 Å². The number of piperidine rings is 1. The topological polar surface area (TPSA) is 55.0 Å². The van der Waals surface area contributed by atoms with Crippen LogP contribution in [-0.2, 0) is 5.41 Å². The molecule has 1 aromatic heterocycles. The van der Waals surface area contributed by atoms with Gasteiger partial charge >= 0.3 is 0 Å². The molecule has 4 nitrogen and oxygen atoms in total. The van der Waals surface area contributed by atoms with E-state index in [-0.39, 0.29) is 5.41 Å². The molecule has 0 aromatic carbocycles. The number of likely N-dealkylation sites (tertiary alicyclic amines) is 1. The summed E-state index contributed by atoms with van der Waals surface area (Å²) >= 11 is 0. The van der Waals surface area contributed by atoms with Gasteiger partial charge in [-0.2, -0.15) is 0 Å². The fraction of sp³-hybridized carbons (Fsp3) is 0.733. The molecule has 2 N–H and O–H groups in total. The lowest BCUT2D eigenvalue weighted by Crippen LogP contribution is -2.43. The normalized spacial score (nSPS) is 24.1. The molecule has 0 spiro atoms. The molecule has 104 valence electrons. The Balaban J connectivity index is 1.80. The Morgan fingerprint density at radius 3 is 2.68 bits per heavy atom. The third-order valence-electron chi connectivity index (χ3n) is 4.99. The lowest BCUT2D eigenvalue weighted by atomic mass is 9.68. The van der Waals surface area contributed by atoms with Gasteiger partial charge in [0.05, 0.1) is 0 Å². The Labute approximate surface area is 115 Å². The van der Waals surface area contributed by atoms with E-state index in [0.29, 0.717) is 12.5 Å². The summed E-state index contributed by atoms with van der Waals surface area (Å²) in [5.41, 5.74) is 7.28. The highest BCUT2D eigenvalue weighted by Crippen LogP contribution is 2.41. The van der Waals surface area contributed by atoms with Crippen molar-refractivity contribution in [1.82, 2.24) is 14.9 Å². The minimum atomic E-state index is 0.0848. The second kappa shape index (κ2) is 5.17. The molecule has 0 unspecified atom stereocenters. The van der Waals surface area contributed by atoms with Crippen LogP contribution in [0, 0.1) is 0 Å². The van der Waals surface area contributed by atoms with E-state index < -0.39 is 0 Å². The number of aromatic nitrogens is 2. The van der Waals surface area contributed by atoms with E-state index in [0.717, 1.165) is 18.7 Å². The van der Waals surface area contributed by atoms with Gasteiger partial charge in [-0.1, -0.05) is 6.42 Å². The quantitative estimate of drug-likeness (QED) is 0.898. The molecule has 1 aliphatic carbocycles. The van der Waals surface area contributed by atoms with Gasteiger partial charge in [-0.3, -0.25) is 0 Å². The van der Waals surface area contributed by atoms with Crippen molar-refractivity contribution in [3.05, 3.63) is 23.8 Å². The first-order valence-electron chi connectivity index (χ1n) is 7.45. The van der Waals surface area contributed by atoms with Crippen LogP contribution in [-0.4, -0.2) is 41.5 Å². The van der Waals surface area contributed by atoms with Crippen LogP contribution in [0.1, 0.15) is 49.5 Å². The number of hydrogen-bond acceptors (Lipinski definition) is 4. The van der Waals surface area contributed by atoms with Gasteiger partial charge in [0.1, 0.15) is 5.82 Å². The van der Waals surface area contributed by atoms with Crippen molar-refractivity contribution in [2.75, 3.05) is 26.7 Å². The highest BCUT2D eigenvalue weighted by molar-refractivity contribution is 5.18. The van der Waals surface area contributed by atoms with Crippen LogP contribution in [0.5, 0.6) is 0 Å². The van der Waals surface area contributed by atoms with Gasteiger partial charge in [-0.05, 0) is 51.9 Å². The maximum absolute atomic E-state index is 5.96. The first-order valence-corrected chi connectivity index (χ1v) is 7.45. The molecule has 2 aliphatic rings. The Bertz CT molecular complexity index is 428. The molecule has 1 saturated carbocycles. The zero-order valence-corrected chi connectivity index (χ0v) is 11.8. The van der Waals surface area contributed by atoms with E-state index in [1.54, 1.807) is 0 Å². The van der Waals surface area contributed by atoms with Crippen molar-refractivity contribution in [3.63, 3.8) is 0 Å². The lowest BCUT2D eigenvalue weighted by molar-refractivity contribution is 0.233. The van der Waals surface area contributed by atoms with Crippen LogP contribution in [0.2, 0.25) is 0 Å². The fourth-order valence-electron chi connectivity index (χ4n) is 3.28. The van der Waals surface area contributed by atoms with Gasteiger partial charge in [0.2, 0.25) is 0 Å². The van der Waals surface area contributed by atoms with E-state index in [9.17, 15) is 0 Å². The second-order valence-corrected chi connectivity index (χ2v) is 6.22. The molecule has 1 aromatic rings. The molecule has 0 amide bonds. The minimum absolute atomic E-state index is 0.0848. The van der Waals surface area contributed by atoms with Crippen LogP contribution in [0.25, 0.3) is 0 Å². The summed E-state index contributed by atoms with van der Waals surface area (Å²) in [5, 5.41) is 0. The third kappa shape index (κ3) is 2.39. The van der Waals surface area contributed by atoms with Gasteiger partial charge in [-0.25, -0.2) is 9.97 Å². The molecule has 0 bridgehead atoms. The monoisotopic (exact) mass is 260 g/mol. The van der Waals surface area contributed by atoms with Crippen molar-refractivity contribution in [2.45, 2.75) is 43.4 Å². The zero-order valence-electron chi connectivity index (χ0n) is 11.8. The van der Waals surface area contributed by atoms with Gasteiger partial charge in [-0.15, -0.1) is 0 Å². The summed E-state index contributed by atoms with van der Waals surface area (Å²) in [4.78, 5) is 11.8. The van der Waals surface area contributed by atoms with Gasteiger partial charge < -0.3 is 10.6 Å². The third-order valence-corrected chi connectivity index (χ3v) is 4.99. The summed E-state index contributed by atoms with van der Waals surface area (Å²) < 4.78 is 0. The second-order valence-electron chi connectivity index (χ2n) is 6.22. The summed E-state index contributed by atoms with van der Waals surface area (Å²) in [5.74, 6) is 1.60. The summed E-state index contributed by atoms with van der Waals surface area (Å²) in [6, 6.07) is 2.10. The first-order chi connectivity index (χ1) is 9.23. The van der Waals surface area contributed by atoms with E-state index >= 15 is 0 Å². The standard InChI is InChI=1S/C15H24N4/c1-19-9-4-12(5-10-19)13-3-8-17-14(18-13)15(11-16)6-2-7-15/h3,8,12H,2,4-7,9-11,16H2,1H3. The van der Waals surface area contributed by atoms with E-state index in [2.05, 4.69) is 23.0 Å². The van der Waals surface area contributed by atoms with E-state index in [1.165, 1.54) is 38.0 Å². The number of hydrogen-bond donors (Lipinski definition) is 1. The molecular weight excluding hydrogens is 236 g/mol. The molecule has 2 fully saturated rings. The maximum Gasteiger partial charge on any atom is 0.135 e. The zero-order chi connectivity index (χ0) is 13.3. The van der Waals surface area contributed by atoms with E-state index in [4.69, 9.17) is 10.7 Å².